The zero-order valence-corrected chi connectivity index (χ0v) is 13.3. The van der Waals surface area contributed by atoms with Crippen molar-refractivity contribution in [2.45, 2.75) is 38.6 Å². The summed E-state index contributed by atoms with van der Waals surface area (Å²) in [6, 6.07) is 0. The van der Waals surface area contributed by atoms with Crippen LogP contribution in [0.4, 0.5) is 0 Å². The molecule has 98 valence electrons. The van der Waals surface area contributed by atoms with Crippen LogP contribution in [0, 0.1) is 0 Å². The van der Waals surface area contributed by atoms with E-state index in [1.165, 1.54) is 5.69 Å². The van der Waals surface area contributed by atoms with Crippen LogP contribution in [-0.4, -0.2) is 33.6 Å². The molecule has 0 saturated carbocycles. The second-order valence-corrected chi connectivity index (χ2v) is 6.03. The van der Waals surface area contributed by atoms with E-state index in [4.69, 9.17) is 11.6 Å². The molecule has 0 fully saturated rings. The smallest absolute Gasteiger partial charge is 0.0767 e. The van der Waals surface area contributed by atoms with Crippen LogP contribution < -0.4 is 0 Å². The molecule has 1 unspecified atom stereocenters. The van der Waals surface area contributed by atoms with E-state index >= 15 is 0 Å². The second kappa shape index (κ2) is 6.76. The molecule has 1 atom stereocenters. The number of aryl methyl sites for hydroxylation is 2. The Morgan fingerprint density at radius 3 is 2.65 bits per heavy atom. The van der Waals surface area contributed by atoms with Gasteiger partial charge in [0.1, 0.15) is 0 Å². The normalized spacial score (nSPS) is 13.4. The van der Waals surface area contributed by atoms with Gasteiger partial charge in [-0.25, -0.2) is 0 Å². The maximum Gasteiger partial charge on any atom is 0.0767 e. The molecule has 0 spiro atoms. The molecule has 0 N–H and O–H groups in total. The lowest BCUT2D eigenvalue weighted by atomic mass is 10.2. The highest BCUT2D eigenvalue weighted by Gasteiger charge is 2.14. The fourth-order valence-corrected chi connectivity index (χ4v) is 2.56. The van der Waals surface area contributed by atoms with Gasteiger partial charge in [0.05, 0.1) is 15.9 Å². The Labute approximate surface area is 117 Å². The summed E-state index contributed by atoms with van der Waals surface area (Å²) >= 11 is 9.60. The van der Waals surface area contributed by atoms with Gasteiger partial charge in [-0.05, 0) is 49.3 Å². The minimum atomic E-state index is 0.235. The van der Waals surface area contributed by atoms with E-state index in [1.807, 2.05) is 18.7 Å². The van der Waals surface area contributed by atoms with Crippen LogP contribution >= 0.6 is 27.5 Å². The monoisotopic (exact) mass is 321 g/mol. The van der Waals surface area contributed by atoms with E-state index in [2.05, 4.69) is 39.9 Å². The largest absolute Gasteiger partial charge is 0.300 e. The fourth-order valence-electron chi connectivity index (χ4n) is 1.72. The maximum atomic E-state index is 5.96. The third-order valence-electron chi connectivity index (χ3n) is 2.83. The first-order valence-electron chi connectivity index (χ1n) is 5.98. The number of aromatic nitrogens is 2. The molecule has 0 aliphatic rings. The third kappa shape index (κ3) is 4.27. The van der Waals surface area contributed by atoms with Crippen LogP contribution in [-0.2, 0) is 20.0 Å². The van der Waals surface area contributed by atoms with Crippen LogP contribution in [0.2, 0.25) is 0 Å². The van der Waals surface area contributed by atoms with Crippen molar-refractivity contribution in [3.63, 3.8) is 0 Å². The summed E-state index contributed by atoms with van der Waals surface area (Å²) in [5, 5.41) is 4.73. The highest BCUT2D eigenvalue weighted by atomic mass is 79.9. The van der Waals surface area contributed by atoms with Crippen molar-refractivity contribution in [2.75, 3.05) is 13.6 Å². The first-order valence-corrected chi connectivity index (χ1v) is 7.21. The fraction of sp³-hybridized carbons (Fsp3) is 0.750. The molecule has 17 heavy (non-hydrogen) atoms. The summed E-state index contributed by atoms with van der Waals surface area (Å²) in [5.74, 6) is 0. The maximum absolute atomic E-state index is 5.96. The Morgan fingerprint density at radius 2 is 2.18 bits per heavy atom. The van der Waals surface area contributed by atoms with Crippen LogP contribution in [0.5, 0.6) is 0 Å². The molecule has 1 rings (SSSR count). The van der Waals surface area contributed by atoms with Gasteiger partial charge in [-0.2, -0.15) is 5.10 Å². The minimum Gasteiger partial charge on any atom is -0.300 e. The summed E-state index contributed by atoms with van der Waals surface area (Å²) < 4.78 is 3.11. The van der Waals surface area contributed by atoms with Gasteiger partial charge >= 0.3 is 0 Å². The van der Waals surface area contributed by atoms with Gasteiger partial charge in [0, 0.05) is 19.0 Å². The SMILES string of the molecule is CCc1nn(C)c(CN(C)CCC(C)Cl)c1Br. The van der Waals surface area contributed by atoms with Crippen molar-refractivity contribution < 1.29 is 0 Å². The molecule has 0 aliphatic heterocycles. The molecule has 0 saturated heterocycles. The number of nitrogens with zero attached hydrogens (tertiary/aromatic N) is 3. The molecular formula is C12H21BrClN3. The number of halogens is 2. The van der Waals surface area contributed by atoms with Crippen molar-refractivity contribution in [3.8, 4) is 0 Å². The van der Waals surface area contributed by atoms with Gasteiger partial charge in [0.15, 0.2) is 0 Å². The topological polar surface area (TPSA) is 21.1 Å². The van der Waals surface area contributed by atoms with Crippen molar-refractivity contribution in [1.82, 2.24) is 14.7 Å². The van der Waals surface area contributed by atoms with E-state index < -0.39 is 0 Å². The van der Waals surface area contributed by atoms with Gasteiger partial charge < -0.3 is 4.90 Å². The van der Waals surface area contributed by atoms with Crippen molar-refractivity contribution in [1.29, 1.82) is 0 Å². The Kier molecular flexibility index (Phi) is 5.97. The molecule has 0 radical (unpaired) electrons. The van der Waals surface area contributed by atoms with E-state index in [0.29, 0.717) is 0 Å². The standard InChI is InChI=1S/C12H21BrClN3/c1-5-10-12(13)11(17(4)15-10)8-16(3)7-6-9(2)14/h9H,5-8H2,1-4H3. The molecule has 0 aromatic carbocycles. The molecule has 1 heterocycles. The number of hydrogen-bond donors (Lipinski definition) is 0. The number of hydrogen-bond acceptors (Lipinski definition) is 2. The van der Waals surface area contributed by atoms with Crippen molar-refractivity contribution in [3.05, 3.63) is 15.9 Å². The number of alkyl halides is 1. The Morgan fingerprint density at radius 1 is 1.53 bits per heavy atom. The predicted molar refractivity (Wildman–Crippen MR) is 76.6 cm³/mol. The quantitative estimate of drug-likeness (QED) is 0.750. The highest BCUT2D eigenvalue weighted by molar-refractivity contribution is 9.10. The average Bonchev–Trinajstić information content (AvgIpc) is 2.53. The predicted octanol–water partition coefficient (Wildman–Crippen LogP) is 3.19. The lowest BCUT2D eigenvalue weighted by molar-refractivity contribution is 0.312. The minimum absolute atomic E-state index is 0.235. The first-order chi connectivity index (χ1) is 7.95. The summed E-state index contributed by atoms with van der Waals surface area (Å²) in [4.78, 5) is 2.28. The van der Waals surface area contributed by atoms with Crippen LogP contribution in [0.3, 0.4) is 0 Å². The van der Waals surface area contributed by atoms with Gasteiger partial charge in [0.25, 0.3) is 0 Å². The first kappa shape index (κ1) is 15.0. The zero-order valence-electron chi connectivity index (χ0n) is 11.0. The summed E-state index contributed by atoms with van der Waals surface area (Å²) in [6.45, 7) is 6.05. The van der Waals surface area contributed by atoms with Gasteiger partial charge in [-0.15, -0.1) is 11.6 Å². The zero-order chi connectivity index (χ0) is 13.0. The van der Waals surface area contributed by atoms with Crippen LogP contribution in [0.1, 0.15) is 31.7 Å². The lowest BCUT2D eigenvalue weighted by Crippen LogP contribution is -2.22. The lowest BCUT2D eigenvalue weighted by Gasteiger charge is -2.17. The molecule has 5 heteroatoms. The average molecular weight is 323 g/mol. The molecular weight excluding hydrogens is 302 g/mol. The summed E-state index contributed by atoms with van der Waals surface area (Å²) in [6.07, 6.45) is 1.96. The third-order valence-corrected chi connectivity index (χ3v) is 3.96. The molecule has 0 bridgehead atoms. The molecule has 1 aromatic heterocycles. The van der Waals surface area contributed by atoms with Crippen LogP contribution in [0.25, 0.3) is 0 Å². The van der Waals surface area contributed by atoms with E-state index in [1.54, 1.807) is 0 Å². The molecule has 1 aromatic rings. The summed E-state index contributed by atoms with van der Waals surface area (Å²) in [5.41, 5.74) is 2.35. The van der Waals surface area contributed by atoms with E-state index in [9.17, 15) is 0 Å². The Balaban J connectivity index is 2.64. The highest BCUT2D eigenvalue weighted by Crippen LogP contribution is 2.22. The molecule has 3 nitrogen and oxygen atoms in total. The van der Waals surface area contributed by atoms with E-state index in [0.717, 1.165) is 36.1 Å². The van der Waals surface area contributed by atoms with Gasteiger partial charge in [-0.1, -0.05) is 6.92 Å². The summed E-state index contributed by atoms with van der Waals surface area (Å²) in [7, 11) is 4.11. The van der Waals surface area contributed by atoms with Crippen molar-refractivity contribution in [2.24, 2.45) is 7.05 Å². The number of rotatable bonds is 6. The van der Waals surface area contributed by atoms with Crippen molar-refractivity contribution >= 4 is 27.5 Å². The van der Waals surface area contributed by atoms with E-state index in [-0.39, 0.29) is 5.38 Å². The Bertz CT molecular complexity index is 363. The molecule has 0 aliphatic carbocycles. The molecule has 0 amide bonds. The Hall–Kier alpha value is -0.0600. The second-order valence-electron chi connectivity index (χ2n) is 4.49. The van der Waals surface area contributed by atoms with Gasteiger partial charge in [-0.3, -0.25) is 4.68 Å². The van der Waals surface area contributed by atoms with Gasteiger partial charge in [0.2, 0.25) is 0 Å². The van der Waals surface area contributed by atoms with Crippen LogP contribution in [0.15, 0.2) is 4.47 Å².